The molecule has 7 heteroatoms. The summed E-state index contributed by atoms with van der Waals surface area (Å²) in [4.78, 5) is 12.9. The van der Waals surface area contributed by atoms with E-state index in [0.717, 1.165) is 32.7 Å². The molecule has 0 bridgehead atoms. The maximum Gasteiger partial charge on any atom is 0.255 e. The highest BCUT2D eigenvalue weighted by atomic mass is 32.2. The molecule has 0 radical (unpaired) electrons. The minimum atomic E-state index is -3.61. The Balaban J connectivity index is 1.70. The fourth-order valence-corrected chi connectivity index (χ4v) is 4.63. The predicted octanol–water partition coefficient (Wildman–Crippen LogP) is 4.32. The largest absolute Gasteiger partial charge is 0.341 e. The van der Waals surface area contributed by atoms with E-state index < -0.39 is 10.0 Å². The highest BCUT2D eigenvalue weighted by molar-refractivity contribution is 7.89. The number of benzene rings is 3. The van der Waals surface area contributed by atoms with E-state index in [1.807, 2.05) is 30.3 Å². The molecule has 0 saturated heterocycles. The molecule has 1 aromatic heterocycles. The zero-order valence-electron chi connectivity index (χ0n) is 17.1. The van der Waals surface area contributed by atoms with E-state index in [1.165, 1.54) is 26.2 Å². The average molecular weight is 422 g/mol. The molecule has 6 nitrogen and oxygen atoms in total. The molecule has 0 spiro atoms. The highest BCUT2D eigenvalue weighted by Crippen LogP contribution is 2.31. The van der Waals surface area contributed by atoms with Crippen molar-refractivity contribution in [2.75, 3.05) is 19.4 Å². The number of amides is 1. The fraction of sp³-hybridized carbons (Fsp3) is 0.174. The molecule has 4 aromatic rings. The summed E-state index contributed by atoms with van der Waals surface area (Å²) in [6.45, 7) is 2.96. The molecule has 3 aromatic carbocycles. The van der Waals surface area contributed by atoms with Gasteiger partial charge in [0.25, 0.3) is 5.91 Å². The van der Waals surface area contributed by atoms with Crippen LogP contribution in [0.2, 0.25) is 0 Å². The van der Waals surface area contributed by atoms with Gasteiger partial charge in [-0.05, 0) is 49.4 Å². The summed E-state index contributed by atoms with van der Waals surface area (Å²) in [5.74, 6) is -0.357. The zero-order valence-corrected chi connectivity index (χ0v) is 17.9. The molecule has 0 aliphatic rings. The van der Waals surface area contributed by atoms with Crippen molar-refractivity contribution in [2.45, 2.75) is 18.4 Å². The van der Waals surface area contributed by atoms with Crippen LogP contribution < -0.4 is 5.32 Å². The summed E-state index contributed by atoms with van der Waals surface area (Å²) in [7, 11) is -0.684. The van der Waals surface area contributed by atoms with Gasteiger partial charge in [-0.25, -0.2) is 12.7 Å². The summed E-state index contributed by atoms with van der Waals surface area (Å²) in [5.41, 5.74) is 3.21. The first-order valence-corrected chi connectivity index (χ1v) is 11.1. The van der Waals surface area contributed by atoms with Crippen molar-refractivity contribution >= 4 is 43.4 Å². The molecule has 0 atom stereocenters. The Morgan fingerprint density at radius 1 is 0.933 bits per heavy atom. The van der Waals surface area contributed by atoms with Crippen molar-refractivity contribution in [3.63, 3.8) is 0 Å². The zero-order chi connectivity index (χ0) is 21.5. The van der Waals surface area contributed by atoms with Crippen LogP contribution in [0.5, 0.6) is 0 Å². The van der Waals surface area contributed by atoms with Crippen molar-refractivity contribution in [3.05, 3.63) is 72.3 Å². The lowest BCUT2D eigenvalue weighted by Crippen LogP contribution is -2.22. The van der Waals surface area contributed by atoms with Crippen molar-refractivity contribution in [1.29, 1.82) is 0 Å². The second-order valence-corrected chi connectivity index (χ2v) is 9.41. The molecule has 0 unspecified atom stereocenters. The van der Waals surface area contributed by atoms with Gasteiger partial charge in [-0.2, -0.15) is 0 Å². The predicted molar refractivity (Wildman–Crippen MR) is 120 cm³/mol. The Labute approximate surface area is 175 Å². The van der Waals surface area contributed by atoms with Gasteiger partial charge >= 0.3 is 0 Å². The van der Waals surface area contributed by atoms with E-state index in [-0.39, 0.29) is 16.4 Å². The summed E-state index contributed by atoms with van der Waals surface area (Å²) in [6.07, 6.45) is 0. The number of sulfonamides is 1. The Bertz CT molecular complexity index is 1370. The maximum atomic E-state index is 12.8. The van der Waals surface area contributed by atoms with Crippen LogP contribution in [-0.4, -0.2) is 37.3 Å². The maximum absolute atomic E-state index is 12.8. The van der Waals surface area contributed by atoms with Crippen LogP contribution in [0, 0.1) is 0 Å². The van der Waals surface area contributed by atoms with E-state index in [4.69, 9.17) is 0 Å². The quantitative estimate of drug-likeness (QED) is 0.522. The minimum Gasteiger partial charge on any atom is -0.341 e. The number of hydrogen-bond acceptors (Lipinski definition) is 3. The first-order valence-electron chi connectivity index (χ1n) is 9.68. The van der Waals surface area contributed by atoms with Crippen LogP contribution in [0.1, 0.15) is 17.3 Å². The molecule has 30 heavy (non-hydrogen) atoms. The second-order valence-electron chi connectivity index (χ2n) is 7.26. The molecular weight excluding hydrogens is 398 g/mol. The van der Waals surface area contributed by atoms with E-state index in [1.54, 1.807) is 12.1 Å². The third-order valence-electron chi connectivity index (χ3n) is 5.22. The smallest absolute Gasteiger partial charge is 0.255 e. The van der Waals surface area contributed by atoms with Crippen LogP contribution in [0.25, 0.3) is 21.8 Å². The van der Waals surface area contributed by atoms with Crippen molar-refractivity contribution in [3.8, 4) is 0 Å². The van der Waals surface area contributed by atoms with E-state index in [2.05, 4.69) is 28.9 Å². The van der Waals surface area contributed by atoms with Crippen molar-refractivity contribution in [2.24, 2.45) is 0 Å². The van der Waals surface area contributed by atoms with Crippen LogP contribution in [0.4, 0.5) is 5.69 Å². The first kappa shape index (κ1) is 20.1. The Hall–Kier alpha value is -3.16. The molecule has 1 heterocycles. The molecule has 154 valence electrons. The molecule has 0 fully saturated rings. The van der Waals surface area contributed by atoms with E-state index in [9.17, 15) is 13.2 Å². The van der Waals surface area contributed by atoms with Gasteiger partial charge in [-0.15, -0.1) is 0 Å². The number of fused-ring (bicyclic) bond motifs is 3. The normalized spacial score (nSPS) is 12.0. The van der Waals surface area contributed by atoms with Gasteiger partial charge in [0.05, 0.1) is 4.90 Å². The Morgan fingerprint density at radius 3 is 2.40 bits per heavy atom. The summed E-state index contributed by atoms with van der Waals surface area (Å²) in [5, 5.41) is 5.09. The highest BCUT2D eigenvalue weighted by Gasteiger charge is 2.19. The van der Waals surface area contributed by atoms with Crippen LogP contribution in [0.3, 0.4) is 0 Å². The van der Waals surface area contributed by atoms with Gasteiger partial charge in [0, 0.05) is 53.7 Å². The molecule has 1 N–H and O–H groups in total. The van der Waals surface area contributed by atoms with Crippen molar-refractivity contribution < 1.29 is 13.2 Å². The lowest BCUT2D eigenvalue weighted by atomic mass is 10.1. The standard InChI is InChI=1S/C23H23N3O3S/c1-4-26-21-11-6-5-10-19(21)20-15-17(12-13-22(20)26)24-23(27)16-8-7-9-18(14-16)30(28,29)25(2)3/h5-15H,4H2,1-3H3,(H,24,27). The molecule has 0 aliphatic heterocycles. The van der Waals surface area contributed by atoms with Gasteiger partial charge in [0.1, 0.15) is 0 Å². The average Bonchev–Trinajstić information content (AvgIpc) is 3.06. The summed E-state index contributed by atoms with van der Waals surface area (Å²) in [6, 6.07) is 20.1. The lowest BCUT2D eigenvalue weighted by molar-refractivity contribution is 0.102. The molecule has 1 amide bonds. The monoisotopic (exact) mass is 421 g/mol. The molecule has 0 saturated carbocycles. The number of rotatable bonds is 5. The number of anilines is 1. The van der Waals surface area contributed by atoms with Crippen LogP contribution in [-0.2, 0) is 16.6 Å². The minimum absolute atomic E-state index is 0.0848. The Morgan fingerprint density at radius 2 is 1.67 bits per heavy atom. The number of aryl methyl sites for hydroxylation is 1. The van der Waals surface area contributed by atoms with Crippen LogP contribution >= 0.6 is 0 Å². The fourth-order valence-electron chi connectivity index (χ4n) is 3.68. The lowest BCUT2D eigenvalue weighted by Gasteiger charge is -2.12. The van der Waals surface area contributed by atoms with Gasteiger partial charge < -0.3 is 9.88 Å². The summed E-state index contributed by atoms with van der Waals surface area (Å²) >= 11 is 0. The second kappa shape index (κ2) is 7.59. The number of nitrogens with zero attached hydrogens (tertiary/aromatic N) is 2. The SMILES string of the molecule is CCn1c2ccccc2c2cc(NC(=O)c3cccc(S(=O)(=O)N(C)C)c3)ccc21. The van der Waals surface area contributed by atoms with E-state index in [0.29, 0.717) is 5.69 Å². The number of carbonyl (C=O) groups excluding carboxylic acids is 1. The number of para-hydroxylation sites is 1. The third kappa shape index (κ3) is 3.36. The number of carbonyl (C=O) groups is 1. The van der Waals surface area contributed by atoms with Gasteiger partial charge in [-0.1, -0.05) is 24.3 Å². The van der Waals surface area contributed by atoms with Gasteiger partial charge in [-0.3, -0.25) is 4.79 Å². The summed E-state index contributed by atoms with van der Waals surface area (Å²) < 4.78 is 28.1. The van der Waals surface area contributed by atoms with Crippen LogP contribution in [0.15, 0.2) is 71.6 Å². The molecule has 4 rings (SSSR count). The molecule has 0 aliphatic carbocycles. The van der Waals surface area contributed by atoms with Crippen molar-refractivity contribution in [1.82, 2.24) is 8.87 Å². The first-order chi connectivity index (χ1) is 14.3. The molecular formula is C23H23N3O3S. The number of hydrogen-bond donors (Lipinski definition) is 1. The third-order valence-corrected chi connectivity index (χ3v) is 7.03. The topological polar surface area (TPSA) is 71.4 Å². The van der Waals surface area contributed by atoms with Gasteiger partial charge in [0.15, 0.2) is 0 Å². The Kier molecular flexibility index (Phi) is 5.09. The number of nitrogens with one attached hydrogen (secondary N) is 1. The van der Waals surface area contributed by atoms with Gasteiger partial charge in [0.2, 0.25) is 10.0 Å². The number of aromatic nitrogens is 1. The van der Waals surface area contributed by atoms with E-state index >= 15 is 0 Å².